The quantitative estimate of drug-likeness (QED) is 0.212. The molecule has 0 unspecified atom stereocenters. The third-order valence-corrected chi connectivity index (χ3v) is 5.84. The van der Waals surface area contributed by atoms with Crippen molar-refractivity contribution in [1.29, 1.82) is 0 Å². The van der Waals surface area contributed by atoms with Gasteiger partial charge in [-0.25, -0.2) is 9.59 Å². The topological polar surface area (TPSA) is 105 Å². The van der Waals surface area contributed by atoms with Crippen molar-refractivity contribution in [1.82, 2.24) is 0 Å². The van der Waals surface area contributed by atoms with E-state index in [0.717, 1.165) is 10.5 Å². The lowest BCUT2D eigenvalue weighted by molar-refractivity contribution is -0.131. The largest absolute Gasteiger partial charge is 0.507 e. The molecule has 4 rings (SSSR count). The molecule has 1 amide bonds. The van der Waals surface area contributed by atoms with Crippen molar-refractivity contribution in [3.05, 3.63) is 113 Å². The number of phenols is 1. The molecule has 0 saturated heterocycles. The van der Waals surface area contributed by atoms with Crippen LogP contribution in [0.4, 0.5) is 10.5 Å². The zero-order chi connectivity index (χ0) is 25.5. The highest BCUT2D eigenvalue weighted by molar-refractivity contribution is 9.10. The summed E-state index contributed by atoms with van der Waals surface area (Å²) in [6.07, 6.45) is -0.563. The van der Waals surface area contributed by atoms with Gasteiger partial charge in [-0.3, -0.25) is 5.32 Å². The Morgan fingerprint density at radius 2 is 1.53 bits per heavy atom. The number of benzene rings is 4. The van der Waals surface area contributed by atoms with Crippen molar-refractivity contribution < 1.29 is 29.3 Å². The highest BCUT2D eigenvalue weighted by Gasteiger charge is 2.30. The summed E-state index contributed by atoms with van der Waals surface area (Å²) < 4.78 is 12.8. The molecule has 0 saturated carbocycles. The molecular formula is C28H22BrNO6. The van der Waals surface area contributed by atoms with Gasteiger partial charge >= 0.3 is 12.1 Å². The number of fused-ring (bicyclic) bond motifs is 1. The van der Waals surface area contributed by atoms with Crippen LogP contribution in [0.25, 0.3) is 10.8 Å². The molecule has 0 fully saturated rings. The van der Waals surface area contributed by atoms with Crippen LogP contribution in [-0.2, 0) is 9.53 Å². The van der Waals surface area contributed by atoms with E-state index in [0.29, 0.717) is 27.8 Å². The van der Waals surface area contributed by atoms with Crippen molar-refractivity contribution >= 4 is 44.5 Å². The average molecular weight is 548 g/mol. The van der Waals surface area contributed by atoms with Crippen molar-refractivity contribution in [2.75, 3.05) is 5.32 Å². The Kier molecular flexibility index (Phi) is 7.87. The molecule has 7 nitrogen and oxygen atoms in total. The molecule has 0 radical (unpaired) electrons. The third kappa shape index (κ3) is 6.22. The number of carbonyl (C=O) groups excluding carboxylic acids is 1. The number of anilines is 1. The Morgan fingerprint density at radius 1 is 0.861 bits per heavy atom. The summed E-state index contributed by atoms with van der Waals surface area (Å²) in [6.45, 7) is 0. The van der Waals surface area contributed by atoms with Gasteiger partial charge in [-0.15, -0.1) is 0 Å². The summed E-state index contributed by atoms with van der Waals surface area (Å²) in [5, 5.41) is 23.5. The maximum atomic E-state index is 13.0. The molecule has 0 aliphatic heterocycles. The van der Waals surface area contributed by atoms with E-state index in [2.05, 4.69) is 21.2 Å². The minimum atomic E-state index is -1.18. The van der Waals surface area contributed by atoms with E-state index >= 15 is 0 Å². The van der Waals surface area contributed by atoms with Gasteiger partial charge in [0.1, 0.15) is 11.5 Å². The zero-order valence-corrected chi connectivity index (χ0v) is 20.5. The molecular weight excluding hydrogens is 526 g/mol. The smallest absolute Gasteiger partial charge is 0.412 e. The first kappa shape index (κ1) is 24.8. The Hall–Kier alpha value is -4.30. The first-order valence-corrected chi connectivity index (χ1v) is 11.8. The van der Waals surface area contributed by atoms with Crippen LogP contribution in [0.1, 0.15) is 11.7 Å². The normalized spacial score (nSPS) is 12.7. The molecule has 0 aliphatic rings. The number of rotatable bonds is 8. The number of halogens is 1. The van der Waals surface area contributed by atoms with Crippen LogP contribution in [0.2, 0.25) is 0 Å². The zero-order valence-electron chi connectivity index (χ0n) is 18.9. The molecule has 0 aliphatic carbocycles. The number of amides is 1. The lowest BCUT2D eigenvalue weighted by Crippen LogP contribution is -2.30. The van der Waals surface area contributed by atoms with E-state index in [9.17, 15) is 19.8 Å². The molecule has 182 valence electrons. The maximum Gasteiger partial charge on any atom is 0.412 e. The maximum absolute atomic E-state index is 13.0. The van der Waals surface area contributed by atoms with Crippen molar-refractivity contribution in [3.8, 4) is 11.5 Å². The number of para-hydroxylation sites is 1. The lowest BCUT2D eigenvalue weighted by atomic mass is 9.96. The first-order chi connectivity index (χ1) is 17.4. The van der Waals surface area contributed by atoms with Crippen molar-refractivity contribution in [2.24, 2.45) is 0 Å². The minimum absolute atomic E-state index is 0.0639. The van der Waals surface area contributed by atoms with Crippen molar-refractivity contribution in [2.45, 2.75) is 12.2 Å². The Balaban J connectivity index is 1.76. The van der Waals surface area contributed by atoms with E-state index < -0.39 is 24.3 Å². The highest BCUT2D eigenvalue weighted by Crippen LogP contribution is 2.36. The average Bonchev–Trinajstić information content (AvgIpc) is 2.88. The van der Waals surface area contributed by atoms with Crippen LogP contribution in [0, 0.1) is 0 Å². The van der Waals surface area contributed by atoms with Crippen LogP contribution in [0.5, 0.6) is 11.5 Å². The summed E-state index contributed by atoms with van der Waals surface area (Å²) in [5.41, 5.74) is 1.05. The highest BCUT2D eigenvalue weighted by atomic mass is 79.9. The van der Waals surface area contributed by atoms with E-state index in [1.54, 1.807) is 78.9 Å². The fourth-order valence-corrected chi connectivity index (χ4v) is 3.96. The predicted molar refractivity (Wildman–Crippen MR) is 140 cm³/mol. The summed E-state index contributed by atoms with van der Waals surface area (Å²) >= 11 is 3.35. The number of phenolic OH excluding ortho intramolecular Hbond substituents is 1. The second kappa shape index (κ2) is 11.4. The van der Waals surface area contributed by atoms with Gasteiger partial charge in [0.25, 0.3) is 0 Å². The van der Waals surface area contributed by atoms with Crippen LogP contribution >= 0.6 is 15.9 Å². The van der Waals surface area contributed by atoms with Crippen LogP contribution < -0.4 is 10.1 Å². The monoisotopic (exact) mass is 547 g/mol. The molecule has 4 aromatic rings. The third-order valence-electron chi connectivity index (χ3n) is 5.31. The van der Waals surface area contributed by atoms with E-state index in [4.69, 9.17) is 9.47 Å². The van der Waals surface area contributed by atoms with E-state index in [-0.39, 0.29) is 5.75 Å². The fourth-order valence-electron chi connectivity index (χ4n) is 3.69. The summed E-state index contributed by atoms with van der Waals surface area (Å²) in [6, 6.07) is 26.0. The minimum Gasteiger partial charge on any atom is -0.507 e. The number of aromatic hydroxyl groups is 1. The van der Waals surface area contributed by atoms with Gasteiger partial charge in [-0.2, -0.15) is 0 Å². The molecule has 2 atom stereocenters. The lowest BCUT2D eigenvalue weighted by Gasteiger charge is -2.27. The first-order valence-electron chi connectivity index (χ1n) is 11.0. The van der Waals surface area contributed by atoms with Gasteiger partial charge in [0, 0.05) is 27.2 Å². The number of nitrogens with one attached hydrogen (secondary N) is 1. The summed E-state index contributed by atoms with van der Waals surface area (Å²) in [7, 11) is 0. The van der Waals surface area contributed by atoms with Crippen LogP contribution in [0.3, 0.4) is 0 Å². The molecule has 3 N–H and O–H groups in total. The van der Waals surface area contributed by atoms with Gasteiger partial charge in [0.05, 0.1) is 0 Å². The molecule has 8 heteroatoms. The molecule has 0 bridgehead atoms. The standard InChI is InChI=1S/C28H22BrNO6/c29-18-10-12-19(13-11-18)30-28(34)36-27(23-14-15-24(31)22-9-5-4-8-21(22)23)25(16-17-26(32)33)35-20-6-2-1-3-7-20/h1-17,25,27,31H,(H,30,34)(H,32,33)/b17-16+/t25-,27-/m1/s1. The second-order valence-electron chi connectivity index (χ2n) is 7.77. The Morgan fingerprint density at radius 3 is 2.22 bits per heavy atom. The number of carbonyl (C=O) groups is 2. The predicted octanol–water partition coefficient (Wildman–Crippen LogP) is 6.69. The Bertz CT molecular complexity index is 1390. The van der Waals surface area contributed by atoms with Crippen LogP contribution in [-0.4, -0.2) is 28.4 Å². The summed E-state index contributed by atoms with van der Waals surface area (Å²) in [5.74, 6) is -0.651. The van der Waals surface area contributed by atoms with Gasteiger partial charge < -0.3 is 19.7 Å². The van der Waals surface area contributed by atoms with Gasteiger partial charge in [-0.05, 0) is 53.9 Å². The molecule has 36 heavy (non-hydrogen) atoms. The number of carboxylic acids is 1. The van der Waals surface area contributed by atoms with Gasteiger partial charge in [0.2, 0.25) is 0 Å². The SMILES string of the molecule is O=C(O)/C=C/[C@@H](Oc1ccccc1)[C@H](OC(=O)Nc1ccc(Br)cc1)c1ccc(O)c2ccccc12. The number of hydrogen-bond donors (Lipinski definition) is 3. The number of ether oxygens (including phenoxy) is 2. The fraction of sp³-hybridized carbons (Fsp3) is 0.0714. The molecule has 0 heterocycles. The number of carboxylic acid groups (broad SMARTS) is 1. The molecule has 4 aromatic carbocycles. The molecule has 0 spiro atoms. The van der Waals surface area contributed by atoms with Crippen molar-refractivity contribution in [3.63, 3.8) is 0 Å². The Labute approximate surface area is 215 Å². The van der Waals surface area contributed by atoms with Crippen LogP contribution in [0.15, 0.2) is 108 Å². The number of aliphatic carboxylic acids is 1. The molecule has 0 aromatic heterocycles. The van der Waals surface area contributed by atoms with E-state index in [1.807, 2.05) is 6.07 Å². The van der Waals surface area contributed by atoms with Gasteiger partial charge in [0.15, 0.2) is 12.2 Å². The second-order valence-corrected chi connectivity index (χ2v) is 8.69. The number of hydrogen-bond acceptors (Lipinski definition) is 5. The van der Waals surface area contributed by atoms with E-state index in [1.165, 1.54) is 12.1 Å². The van der Waals surface area contributed by atoms with Gasteiger partial charge in [-0.1, -0.05) is 64.5 Å². The summed E-state index contributed by atoms with van der Waals surface area (Å²) in [4.78, 5) is 24.4.